The molecule has 4 heteroatoms. The van der Waals surface area contributed by atoms with Crippen LogP contribution in [0.25, 0.3) is 11.1 Å². The van der Waals surface area contributed by atoms with Crippen LogP contribution in [-0.2, 0) is 4.79 Å². The SMILES string of the molecule is O=C1C(c2ccccc2)=C(c2ccc(F)cc2)[C@H](c2ccc(F)cc2)[C@H]1C(=O)c1ccccc1. The average Bonchev–Trinajstić information content (AvgIpc) is 3.18. The summed E-state index contributed by atoms with van der Waals surface area (Å²) in [5.74, 6) is -3.08. The molecule has 4 aromatic rings. The van der Waals surface area contributed by atoms with Crippen molar-refractivity contribution in [2.75, 3.05) is 0 Å². The van der Waals surface area contributed by atoms with E-state index in [0.29, 0.717) is 33.4 Å². The second-order valence-corrected chi connectivity index (χ2v) is 8.26. The van der Waals surface area contributed by atoms with Crippen LogP contribution in [0, 0.1) is 17.6 Å². The normalized spacial score (nSPS) is 17.8. The van der Waals surface area contributed by atoms with Gasteiger partial charge in [-0.25, -0.2) is 8.78 Å². The number of ketones is 2. The molecule has 0 bridgehead atoms. The second kappa shape index (κ2) is 8.99. The molecule has 0 aliphatic heterocycles. The van der Waals surface area contributed by atoms with E-state index >= 15 is 0 Å². The van der Waals surface area contributed by atoms with Gasteiger partial charge in [-0.15, -0.1) is 0 Å². The third kappa shape index (κ3) is 3.88. The Bertz CT molecular complexity index is 1370. The summed E-state index contributed by atoms with van der Waals surface area (Å²) < 4.78 is 27.6. The maximum Gasteiger partial charge on any atom is 0.175 e. The van der Waals surface area contributed by atoms with Crippen LogP contribution in [0.15, 0.2) is 109 Å². The van der Waals surface area contributed by atoms with Crippen molar-refractivity contribution >= 4 is 22.7 Å². The Kier molecular flexibility index (Phi) is 5.72. The molecule has 1 aliphatic rings. The van der Waals surface area contributed by atoms with Crippen LogP contribution in [0.1, 0.15) is 33.0 Å². The van der Waals surface area contributed by atoms with Crippen molar-refractivity contribution in [1.82, 2.24) is 0 Å². The van der Waals surface area contributed by atoms with Crippen molar-refractivity contribution in [3.8, 4) is 0 Å². The molecular weight excluding hydrogens is 430 g/mol. The smallest absolute Gasteiger partial charge is 0.175 e. The van der Waals surface area contributed by atoms with Gasteiger partial charge in [0.1, 0.15) is 11.6 Å². The van der Waals surface area contributed by atoms with Crippen molar-refractivity contribution in [3.05, 3.63) is 143 Å². The molecule has 0 spiro atoms. The van der Waals surface area contributed by atoms with Gasteiger partial charge in [-0.3, -0.25) is 9.59 Å². The Morgan fingerprint density at radius 3 is 1.74 bits per heavy atom. The molecule has 0 heterocycles. The number of halogens is 2. The molecule has 5 rings (SSSR count). The molecule has 166 valence electrons. The predicted octanol–water partition coefficient (Wildman–Crippen LogP) is 6.74. The van der Waals surface area contributed by atoms with Gasteiger partial charge in [0.25, 0.3) is 0 Å². The van der Waals surface area contributed by atoms with Crippen LogP contribution in [0.4, 0.5) is 8.78 Å². The van der Waals surface area contributed by atoms with Crippen LogP contribution in [0.2, 0.25) is 0 Å². The molecule has 0 saturated carbocycles. The number of hydrogen-bond acceptors (Lipinski definition) is 2. The number of benzene rings is 4. The summed E-state index contributed by atoms with van der Waals surface area (Å²) in [4.78, 5) is 27.7. The van der Waals surface area contributed by atoms with E-state index in [-0.39, 0.29) is 11.6 Å². The lowest BCUT2D eigenvalue weighted by Crippen LogP contribution is -2.26. The van der Waals surface area contributed by atoms with E-state index in [1.165, 1.54) is 24.3 Å². The summed E-state index contributed by atoms with van der Waals surface area (Å²) in [6.07, 6.45) is 0. The van der Waals surface area contributed by atoms with Gasteiger partial charge in [0.2, 0.25) is 0 Å². The summed E-state index contributed by atoms with van der Waals surface area (Å²) in [5.41, 5.74) is 3.47. The van der Waals surface area contributed by atoms with Gasteiger partial charge in [-0.2, -0.15) is 0 Å². The molecule has 4 aromatic carbocycles. The van der Waals surface area contributed by atoms with E-state index in [0.717, 1.165) is 0 Å². The first-order valence-corrected chi connectivity index (χ1v) is 11.0. The fourth-order valence-corrected chi connectivity index (χ4v) is 4.70. The van der Waals surface area contributed by atoms with Gasteiger partial charge >= 0.3 is 0 Å². The highest BCUT2D eigenvalue weighted by Gasteiger charge is 2.47. The Morgan fingerprint density at radius 1 is 0.618 bits per heavy atom. The van der Waals surface area contributed by atoms with Crippen molar-refractivity contribution in [2.45, 2.75) is 5.92 Å². The summed E-state index contributed by atoms with van der Waals surface area (Å²) in [6.45, 7) is 0. The molecule has 0 radical (unpaired) electrons. The predicted molar refractivity (Wildman–Crippen MR) is 128 cm³/mol. The Morgan fingerprint density at radius 2 is 1.15 bits per heavy atom. The van der Waals surface area contributed by atoms with E-state index in [2.05, 4.69) is 0 Å². The lowest BCUT2D eigenvalue weighted by atomic mass is 9.78. The maximum absolute atomic E-state index is 14.0. The molecule has 34 heavy (non-hydrogen) atoms. The zero-order valence-corrected chi connectivity index (χ0v) is 18.1. The number of allylic oxidation sites excluding steroid dienone is 2. The summed E-state index contributed by atoms with van der Waals surface area (Å²) in [7, 11) is 0. The number of carbonyl (C=O) groups is 2. The van der Waals surface area contributed by atoms with Crippen LogP contribution in [-0.4, -0.2) is 11.6 Å². The van der Waals surface area contributed by atoms with Crippen LogP contribution in [0.5, 0.6) is 0 Å². The molecule has 2 atom stereocenters. The number of Topliss-reactive ketones (excluding diaryl/α,β-unsaturated/α-hetero) is 2. The zero-order chi connectivity index (χ0) is 23.7. The molecule has 0 amide bonds. The van der Waals surface area contributed by atoms with Gasteiger partial charge in [-0.05, 0) is 46.5 Å². The van der Waals surface area contributed by atoms with Gasteiger partial charge in [-0.1, -0.05) is 84.9 Å². The number of rotatable bonds is 5. The topological polar surface area (TPSA) is 34.1 Å². The van der Waals surface area contributed by atoms with Gasteiger partial charge in [0.05, 0.1) is 5.92 Å². The molecule has 0 fully saturated rings. The molecule has 0 aromatic heterocycles. The highest BCUT2D eigenvalue weighted by atomic mass is 19.1. The van der Waals surface area contributed by atoms with E-state index in [9.17, 15) is 18.4 Å². The molecule has 1 aliphatic carbocycles. The fourth-order valence-electron chi connectivity index (χ4n) is 4.70. The number of hydrogen-bond donors (Lipinski definition) is 0. The summed E-state index contributed by atoms with van der Waals surface area (Å²) >= 11 is 0. The third-order valence-corrected chi connectivity index (χ3v) is 6.23. The van der Waals surface area contributed by atoms with Gasteiger partial charge < -0.3 is 0 Å². The first-order chi connectivity index (χ1) is 16.5. The van der Waals surface area contributed by atoms with Gasteiger partial charge in [0, 0.05) is 17.1 Å². The minimum absolute atomic E-state index is 0.297. The van der Waals surface area contributed by atoms with Crippen molar-refractivity contribution in [3.63, 3.8) is 0 Å². The standard InChI is InChI=1S/C30H20F2O2/c31-23-15-11-20(12-16-23)25-26(21-13-17-24(32)18-14-21)28(29(33)22-9-5-2-6-10-22)30(34)27(25)19-7-3-1-4-8-19/h1-18,26,28H/t26-,28-/m0/s1. The quantitative estimate of drug-likeness (QED) is 0.249. The monoisotopic (exact) mass is 450 g/mol. The first kappa shape index (κ1) is 21.7. The third-order valence-electron chi connectivity index (χ3n) is 6.23. The summed E-state index contributed by atoms with van der Waals surface area (Å²) in [6, 6.07) is 29.6. The molecule has 0 saturated heterocycles. The number of carbonyl (C=O) groups excluding carboxylic acids is 2. The fraction of sp³-hybridized carbons (Fsp3) is 0.0667. The van der Waals surface area contributed by atoms with E-state index < -0.39 is 23.5 Å². The van der Waals surface area contributed by atoms with Gasteiger partial charge in [0.15, 0.2) is 11.6 Å². The highest BCUT2D eigenvalue weighted by Crippen LogP contribution is 2.51. The summed E-state index contributed by atoms with van der Waals surface area (Å²) in [5, 5.41) is 0. The molecule has 0 unspecified atom stereocenters. The Hall–Kier alpha value is -4.18. The first-order valence-electron chi connectivity index (χ1n) is 11.0. The lowest BCUT2D eigenvalue weighted by molar-refractivity contribution is -0.115. The van der Waals surface area contributed by atoms with E-state index in [1.807, 2.05) is 36.4 Å². The van der Waals surface area contributed by atoms with Crippen molar-refractivity contribution in [2.24, 2.45) is 5.92 Å². The molecule has 2 nitrogen and oxygen atoms in total. The highest BCUT2D eigenvalue weighted by molar-refractivity contribution is 6.39. The van der Waals surface area contributed by atoms with Crippen LogP contribution in [0.3, 0.4) is 0 Å². The average molecular weight is 450 g/mol. The van der Waals surface area contributed by atoms with E-state index in [1.54, 1.807) is 48.5 Å². The second-order valence-electron chi connectivity index (χ2n) is 8.26. The van der Waals surface area contributed by atoms with E-state index in [4.69, 9.17) is 0 Å². The van der Waals surface area contributed by atoms with Crippen molar-refractivity contribution in [1.29, 1.82) is 0 Å². The Balaban J connectivity index is 1.78. The molecular formula is C30H20F2O2. The minimum Gasteiger partial charge on any atom is -0.293 e. The Labute approximate surface area is 196 Å². The lowest BCUT2D eigenvalue weighted by Gasteiger charge is -2.22. The van der Waals surface area contributed by atoms with Crippen LogP contribution >= 0.6 is 0 Å². The molecule has 0 N–H and O–H groups in total. The van der Waals surface area contributed by atoms with Crippen molar-refractivity contribution < 1.29 is 18.4 Å². The maximum atomic E-state index is 14.0. The largest absolute Gasteiger partial charge is 0.293 e. The van der Waals surface area contributed by atoms with Crippen LogP contribution < -0.4 is 0 Å². The minimum atomic E-state index is -1.02. The zero-order valence-electron chi connectivity index (χ0n) is 18.1.